The summed E-state index contributed by atoms with van der Waals surface area (Å²) in [5.74, 6) is 1.95. The highest BCUT2D eigenvalue weighted by molar-refractivity contribution is 7.07. The van der Waals surface area contributed by atoms with Crippen LogP contribution in [0.5, 0.6) is 0 Å². The van der Waals surface area contributed by atoms with Gasteiger partial charge in [-0.2, -0.15) is 11.3 Å². The minimum Gasteiger partial charge on any atom is -0.469 e. The molecule has 0 atom stereocenters. The highest BCUT2D eigenvalue weighted by Crippen LogP contribution is 2.08. The molecule has 2 rings (SSSR count). The van der Waals surface area contributed by atoms with Crippen molar-refractivity contribution < 1.29 is 4.42 Å². The average molecular weight is 305 g/mol. The van der Waals surface area contributed by atoms with Gasteiger partial charge >= 0.3 is 0 Å². The molecule has 2 aromatic rings. The van der Waals surface area contributed by atoms with Gasteiger partial charge in [0.2, 0.25) is 0 Å². The quantitative estimate of drug-likeness (QED) is 0.630. The molecule has 0 fully saturated rings. The molecule has 0 aliphatic heterocycles. The number of hydrogen-bond donors (Lipinski definition) is 1. The predicted octanol–water partition coefficient (Wildman–Crippen LogP) is 3.37. The van der Waals surface area contributed by atoms with Crippen LogP contribution in [0, 0.1) is 0 Å². The van der Waals surface area contributed by atoms with Crippen LogP contribution in [-0.4, -0.2) is 31.0 Å². The lowest BCUT2D eigenvalue weighted by molar-refractivity contribution is 0.468. The minimum atomic E-state index is 0.823. The summed E-state index contributed by atoms with van der Waals surface area (Å²) in [6.07, 6.45) is 3.63. The first-order chi connectivity index (χ1) is 10.3. The molecule has 0 aliphatic rings. The summed E-state index contributed by atoms with van der Waals surface area (Å²) < 4.78 is 5.35. The fourth-order valence-corrected chi connectivity index (χ4v) is 2.67. The number of hydrogen-bond acceptors (Lipinski definition) is 3. The van der Waals surface area contributed by atoms with Crippen molar-refractivity contribution in [3.63, 3.8) is 0 Å². The van der Waals surface area contributed by atoms with Crippen LogP contribution in [0.1, 0.15) is 24.7 Å². The molecule has 0 aromatic carbocycles. The molecule has 0 spiro atoms. The number of nitrogens with zero attached hydrogens (tertiary/aromatic N) is 2. The van der Waals surface area contributed by atoms with Crippen LogP contribution in [0.2, 0.25) is 0 Å². The van der Waals surface area contributed by atoms with E-state index in [9.17, 15) is 0 Å². The van der Waals surface area contributed by atoms with Gasteiger partial charge in [0.25, 0.3) is 0 Å². The second kappa shape index (κ2) is 8.52. The van der Waals surface area contributed by atoms with Gasteiger partial charge in [0.1, 0.15) is 5.76 Å². The van der Waals surface area contributed by atoms with E-state index < -0.39 is 0 Å². The van der Waals surface area contributed by atoms with Gasteiger partial charge in [-0.25, -0.2) is 0 Å². The highest BCUT2D eigenvalue weighted by Gasteiger charge is 2.07. The molecule has 0 amide bonds. The normalized spacial score (nSPS) is 11.6. The summed E-state index contributed by atoms with van der Waals surface area (Å²) in [5.41, 5.74) is 1.32. The zero-order valence-electron chi connectivity index (χ0n) is 12.7. The zero-order valence-corrected chi connectivity index (χ0v) is 13.5. The minimum absolute atomic E-state index is 0.823. The number of aliphatic imine (C=N–C) groups is 1. The molecule has 1 N–H and O–H groups in total. The van der Waals surface area contributed by atoms with Crippen LogP contribution >= 0.6 is 11.3 Å². The average Bonchev–Trinajstić information content (AvgIpc) is 3.15. The van der Waals surface area contributed by atoms with Gasteiger partial charge in [-0.15, -0.1) is 0 Å². The first-order valence-electron chi connectivity index (χ1n) is 7.32. The Labute approximate surface area is 130 Å². The summed E-state index contributed by atoms with van der Waals surface area (Å²) in [4.78, 5) is 6.81. The molecule has 4 nitrogen and oxygen atoms in total. The van der Waals surface area contributed by atoms with Crippen molar-refractivity contribution in [3.05, 3.63) is 46.5 Å². The van der Waals surface area contributed by atoms with Gasteiger partial charge in [-0.05, 0) is 40.9 Å². The Morgan fingerprint density at radius 1 is 1.43 bits per heavy atom. The molecule has 2 aromatic heterocycles. The van der Waals surface area contributed by atoms with Crippen molar-refractivity contribution in [2.75, 3.05) is 20.1 Å². The van der Waals surface area contributed by atoms with Crippen LogP contribution in [0.4, 0.5) is 0 Å². The van der Waals surface area contributed by atoms with Gasteiger partial charge in [-0.1, -0.05) is 6.92 Å². The van der Waals surface area contributed by atoms with E-state index in [1.807, 2.05) is 12.1 Å². The second-order valence-corrected chi connectivity index (χ2v) is 5.73. The third kappa shape index (κ3) is 5.27. The Hall–Kier alpha value is -1.75. The van der Waals surface area contributed by atoms with E-state index in [0.29, 0.717) is 0 Å². The van der Waals surface area contributed by atoms with Crippen molar-refractivity contribution in [1.29, 1.82) is 0 Å². The molecule has 0 unspecified atom stereocenters. The maximum Gasteiger partial charge on any atom is 0.193 e. The molecule has 21 heavy (non-hydrogen) atoms. The lowest BCUT2D eigenvalue weighted by Gasteiger charge is -2.22. The van der Waals surface area contributed by atoms with Crippen LogP contribution < -0.4 is 5.32 Å². The van der Waals surface area contributed by atoms with Crippen molar-refractivity contribution in [2.24, 2.45) is 4.99 Å². The number of nitrogens with one attached hydrogen (secondary N) is 1. The summed E-state index contributed by atoms with van der Waals surface area (Å²) in [5, 5.41) is 7.71. The smallest absolute Gasteiger partial charge is 0.193 e. The fraction of sp³-hybridized carbons (Fsp3) is 0.438. The maximum atomic E-state index is 5.35. The number of furan rings is 1. The monoisotopic (exact) mass is 305 g/mol. The molecule has 0 saturated carbocycles. The molecular formula is C16H23N3OS. The summed E-state index contributed by atoms with van der Waals surface area (Å²) in [6, 6.07) is 6.07. The molecular weight excluding hydrogens is 282 g/mol. The number of guanidine groups is 1. The lowest BCUT2D eigenvalue weighted by atomic mass is 10.3. The molecule has 0 aliphatic carbocycles. The largest absolute Gasteiger partial charge is 0.469 e. The SMILES string of the molecule is CCCN=C(NCCc1ccco1)N(C)Cc1ccsc1. The highest BCUT2D eigenvalue weighted by atomic mass is 32.1. The molecule has 5 heteroatoms. The molecule has 0 saturated heterocycles. The van der Waals surface area contributed by atoms with Gasteiger partial charge in [-0.3, -0.25) is 4.99 Å². The third-order valence-corrected chi connectivity index (χ3v) is 3.81. The van der Waals surface area contributed by atoms with Gasteiger partial charge in [0.05, 0.1) is 6.26 Å². The van der Waals surface area contributed by atoms with Gasteiger partial charge in [0, 0.05) is 33.1 Å². The van der Waals surface area contributed by atoms with Crippen LogP contribution in [0.3, 0.4) is 0 Å². The van der Waals surface area contributed by atoms with E-state index in [1.54, 1.807) is 17.6 Å². The Kier molecular flexibility index (Phi) is 6.34. The van der Waals surface area contributed by atoms with Crippen LogP contribution in [0.25, 0.3) is 0 Å². The van der Waals surface area contributed by atoms with Crippen molar-refractivity contribution >= 4 is 17.3 Å². The lowest BCUT2D eigenvalue weighted by Crippen LogP contribution is -2.39. The van der Waals surface area contributed by atoms with Crippen LogP contribution in [0.15, 0.2) is 44.6 Å². The van der Waals surface area contributed by atoms with Gasteiger partial charge in [0.15, 0.2) is 5.96 Å². The molecule has 0 bridgehead atoms. The first kappa shape index (κ1) is 15.6. The molecule has 2 heterocycles. The Bertz CT molecular complexity index is 520. The predicted molar refractivity (Wildman–Crippen MR) is 88.8 cm³/mol. The third-order valence-electron chi connectivity index (χ3n) is 3.08. The van der Waals surface area contributed by atoms with E-state index in [0.717, 1.165) is 44.2 Å². The van der Waals surface area contributed by atoms with Gasteiger partial charge < -0.3 is 14.6 Å². The van der Waals surface area contributed by atoms with E-state index >= 15 is 0 Å². The van der Waals surface area contributed by atoms with Crippen molar-refractivity contribution in [2.45, 2.75) is 26.3 Å². The fourth-order valence-electron chi connectivity index (χ4n) is 2.01. The Balaban J connectivity index is 1.87. The summed E-state index contributed by atoms with van der Waals surface area (Å²) in [6.45, 7) is 4.68. The number of rotatable bonds is 7. The Morgan fingerprint density at radius 2 is 2.33 bits per heavy atom. The standard InChI is InChI=1S/C16H23N3OS/c1-3-8-17-16(18-9-6-15-5-4-10-20-15)19(2)12-14-7-11-21-13-14/h4-5,7,10-11,13H,3,6,8-9,12H2,1-2H3,(H,17,18). The van der Waals surface area contributed by atoms with Crippen molar-refractivity contribution in [1.82, 2.24) is 10.2 Å². The Morgan fingerprint density at radius 3 is 3.00 bits per heavy atom. The van der Waals surface area contributed by atoms with E-state index in [1.165, 1.54) is 5.56 Å². The second-order valence-electron chi connectivity index (χ2n) is 4.95. The zero-order chi connectivity index (χ0) is 14.9. The van der Waals surface area contributed by atoms with E-state index in [2.05, 4.69) is 46.0 Å². The van der Waals surface area contributed by atoms with E-state index in [-0.39, 0.29) is 0 Å². The first-order valence-corrected chi connectivity index (χ1v) is 8.26. The topological polar surface area (TPSA) is 40.8 Å². The summed E-state index contributed by atoms with van der Waals surface area (Å²) >= 11 is 1.73. The van der Waals surface area contributed by atoms with Crippen molar-refractivity contribution in [3.8, 4) is 0 Å². The molecule has 0 radical (unpaired) electrons. The van der Waals surface area contributed by atoms with E-state index in [4.69, 9.17) is 4.42 Å². The number of thiophene rings is 1. The van der Waals surface area contributed by atoms with Crippen LogP contribution in [-0.2, 0) is 13.0 Å². The maximum absolute atomic E-state index is 5.35. The molecule has 114 valence electrons. The summed E-state index contributed by atoms with van der Waals surface area (Å²) in [7, 11) is 2.08.